The summed E-state index contributed by atoms with van der Waals surface area (Å²) in [5.74, 6) is 0. The van der Waals surface area contributed by atoms with Gasteiger partial charge in [-0.25, -0.2) is 0 Å². The Balaban J connectivity index is 1.79. The summed E-state index contributed by atoms with van der Waals surface area (Å²) in [6.07, 6.45) is 6.74. The van der Waals surface area contributed by atoms with Crippen molar-refractivity contribution >= 4 is 0 Å². The number of benzene rings is 1. The molecule has 1 aliphatic carbocycles. The van der Waals surface area contributed by atoms with Gasteiger partial charge in [-0.05, 0) is 42.2 Å². The van der Waals surface area contributed by atoms with E-state index in [4.69, 9.17) is 10.5 Å². The molecule has 0 fully saturated rings. The van der Waals surface area contributed by atoms with Crippen molar-refractivity contribution in [2.45, 2.75) is 51.7 Å². The lowest BCUT2D eigenvalue weighted by atomic mass is 9.74. The zero-order chi connectivity index (χ0) is 14.2. The first-order chi connectivity index (χ1) is 9.53. The van der Waals surface area contributed by atoms with Gasteiger partial charge in [0.05, 0.1) is 12.7 Å². The Bertz CT molecular complexity index is 518. The third kappa shape index (κ3) is 2.97. The number of hydrogen-bond donors (Lipinski definition) is 1. The molecule has 1 aromatic rings. The lowest BCUT2D eigenvalue weighted by Gasteiger charge is -2.35. The molecule has 0 saturated heterocycles. The van der Waals surface area contributed by atoms with E-state index in [1.807, 2.05) is 0 Å². The average Bonchev–Trinajstić information content (AvgIpc) is 2.37. The van der Waals surface area contributed by atoms with Gasteiger partial charge in [0.25, 0.3) is 0 Å². The number of fused-ring (bicyclic) bond motifs is 1. The fourth-order valence-electron chi connectivity index (χ4n) is 3.77. The van der Waals surface area contributed by atoms with Crippen LogP contribution < -0.4 is 5.73 Å². The normalized spacial score (nSPS) is 28.6. The molecule has 2 N–H and O–H groups in total. The van der Waals surface area contributed by atoms with Crippen molar-refractivity contribution in [1.29, 1.82) is 0 Å². The predicted octanol–water partition coefficient (Wildman–Crippen LogP) is 3.76. The molecule has 0 bridgehead atoms. The van der Waals surface area contributed by atoms with Crippen LogP contribution in [0.2, 0.25) is 0 Å². The topological polar surface area (TPSA) is 35.2 Å². The molecule has 0 saturated carbocycles. The van der Waals surface area contributed by atoms with Crippen LogP contribution in [0.25, 0.3) is 0 Å². The molecule has 2 atom stereocenters. The van der Waals surface area contributed by atoms with Gasteiger partial charge in [-0.3, -0.25) is 0 Å². The summed E-state index contributed by atoms with van der Waals surface area (Å²) in [5.41, 5.74) is 10.8. The highest BCUT2D eigenvalue weighted by Gasteiger charge is 2.29. The summed E-state index contributed by atoms with van der Waals surface area (Å²) in [6, 6.07) is 8.89. The average molecular weight is 271 g/mol. The van der Waals surface area contributed by atoms with E-state index in [9.17, 15) is 0 Å². The Labute approximate surface area is 122 Å². The van der Waals surface area contributed by atoms with Crippen molar-refractivity contribution in [3.05, 3.63) is 47.0 Å². The molecule has 0 amide bonds. The summed E-state index contributed by atoms with van der Waals surface area (Å²) >= 11 is 0. The van der Waals surface area contributed by atoms with E-state index in [0.29, 0.717) is 5.41 Å². The van der Waals surface area contributed by atoms with Crippen LogP contribution in [0.4, 0.5) is 0 Å². The summed E-state index contributed by atoms with van der Waals surface area (Å²) in [7, 11) is 0. The van der Waals surface area contributed by atoms with Crippen molar-refractivity contribution in [1.82, 2.24) is 0 Å². The minimum atomic E-state index is 0.201. The van der Waals surface area contributed by atoms with Gasteiger partial charge >= 0.3 is 0 Å². The van der Waals surface area contributed by atoms with Crippen LogP contribution in [0.1, 0.15) is 50.3 Å². The first-order valence-corrected chi connectivity index (χ1v) is 7.68. The highest BCUT2D eigenvalue weighted by atomic mass is 16.5. The Kier molecular flexibility index (Phi) is 3.70. The Morgan fingerprint density at radius 1 is 1.30 bits per heavy atom. The van der Waals surface area contributed by atoms with Crippen molar-refractivity contribution < 1.29 is 4.74 Å². The Morgan fingerprint density at radius 2 is 2.10 bits per heavy atom. The molecule has 0 aromatic heterocycles. The number of ether oxygens (including phenoxy) is 1. The molecule has 1 aliphatic heterocycles. The molecule has 108 valence electrons. The first kappa shape index (κ1) is 13.8. The van der Waals surface area contributed by atoms with Crippen LogP contribution >= 0.6 is 0 Å². The molecule has 2 unspecified atom stereocenters. The third-order valence-corrected chi connectivity index (χ3v) is 4.48. The van der Waals surface area contributed by atoms with Gasteiger partial charge in [-0.2, -0.15) is 0 Å². The van der Waals surface area contributed by atoms with Crippen molar-refractivity contribution in [3.63, 3.8) is 0 Å². The summed E-state index contributed by atoms with van der Waals surface area (Å²) in [4.78, 5) is 0. The van der Waals surface area contributed by atoms with Gasteiger partial charge in [0.2, 0.25) is 0 Å². The van der Waals surface area contributed by atoms with Gasteiger partial charge < -0.3 is 10.5 Å². The molecule has 20 heavy (non-hydrogen) atoms. The van der Waals surface area contributed by atoms with Crippen LogP contribution in [0.5, 0.6) is 0 Å². The standard InChI is InChI=1S/C18H25NO/c1-18(2)11-13(9-15(19)12-18)10-17-16-6-4-3-5-14(16)7-8-20-17/h3-6,9,15,17H,7-8,10-12,19H2,1-2H3. The number of rotatable bonds is 2. The minimum absolute atomic E-state index is 0.201. The van der Waals surface area contributed by atoms with Crippen LogP contribution in [0, 0.1) is 5.41 Å². The SMILES string of the molecule is CC1(C)CC(CC2OCCc3ccccc32)=CC(N)C1. The highest BCUT2D eigenvalue weighted by molar-refractivity contribution is 5.32. The fourth-order valence-corrected chi connectivity index (χ4v) is 3.77. The molecule has 1 heterocycles. The lowest BCUT2D eigenvalue weighted by molar-refractivity contribution is 0.0408. The summed E-state index contributed by atoms with van der Waals surface area (Å²) < 4.78 is 6.03. The van der Waals surface area contributed by atoms with Gasteiger partial charge in [0, 0.05) is 6.04 Å². The first-order valence-electron chi connectivity index (χ1n) is 7.68. The summed E-state index contributed by atoms with van der Waals surface area (Å²) in [6.45, 7) is 5.47. The van der Waals surface area contributed by atoms with Crippen LogP contribution in [0.15, 0.2) is 35.9 Å². The predicted molar refractivity (Wildman–Crippen MR) is 82.5 cm³/mol. The van der Waals surface area contributed by atoms with E-state index < -0.39 is 0 Å². The molecule has 3 rings (SSSR count). The Hall–Kier alpha value is -1.12. The van der Waals surface area contributed by atoms with Crippen LogP contribution in [0.3, 0.4) is 0 Å². The van der Waals surface area contributed by atoms with Gasteiger partial charge in [-0.1, -0.05) is 49.8 Å². The van der Waals surface area contributed by atoms with E-state index >= 15 is 0 Å². The second-order valence-corrected chi connectivity index (χ2v) is 7.05. The number of nitrogens with two attached hydrogens (primary N) is 1. The maximum atomic E-state index is 6.18. The van der Waals surface area contributed by atoms with Crippen molar-refractivity contribution in [2.75, 3.05) is 6.61 Å². The molecule has 0 spiro atoms. The van der Waals surface area contributed by atoms with Crippen molar-refractivity contribution in [2.24, 2.45) is 11.1 Å². The summed E-state index contributed by atoms with van der Waals surface area (Å²) in [5, 5.41) is 0. The smallest absolute Gasteiger partial charge is 0.0864 e. The van der Waals surface area contributed by atoms with E-state index in [2.05, 4.69) is 44.2 Å². The van der Waals surface area contributed by atoms with E-state index in [0.717, 1.165) is 32.3 Å². The monoisotopic (exact) mass is 271 g/mol. The molecule has 2 aliphatic rings. The van der Waals surface area contributed by atoms with Crippen LogP contribution in [-0.2, 0) is 11.2 Å². The van der Waals surface area contributed by atoms with E-state index in [1.54, 1.807) is 0 Å². The van der Waals surface area contributed by atoms with Crippen molar-refractivity contribution in [3.8, 4) is 0 Å². The lowest BCUT2D eigenvalue weighted by Crippen LogP contribution is -2.31. The van der Waals surface area contributed by atoms with Gasteiger partial charge in [-0.15, -0.1) is 0 Å². The maximum absolute atomic E-state index is 6.18. The van der Waals surface area contributed by atoms with E-state index in [-0.39, 0.29) is 12.1 Å². The number of hydrogen-bond acceptors (Lipinski definition) is 2. The molecule has 0 radical (unpaired) electrons. The maximum Gasteiger partial charge on any atom is 0.0864 e. The zero-order valence-corrected chi connectivity index (χ0v) is 12.6. The quantitative estimate of drug-likeness (QED) is 0.831. The largest absolute Gasteiger partial charge is 0.373 e. The van der Waals surface area contributed by atoms with Gasteiger partial charge in [0.15, 0.2) is 0 Å². The molecular formula is C18H25NO. The fraction of sp³-hybridized carbons (Fsp3) is 0.556. The molecule has 1 aromatic carbocycles. The minimum Gasteiger partial charge on any atom is -0.373 e. The second kappa shape index (κ2) is 5.34. The Morgan fingerprint density at radius 3 is 2.90 bits per heavy atom. The third-order valence-electron chi connectivity index (χ3n) is 4.48. The van der Waals surface area contributed by atoms with E-state index in [1.165, 1.54) is 16.7 Å². The van der Waals surface area contributed by atoms with Gasteiger partial charge in [0.1, 0.15) is 0 Å². The molecule has 2 heteroatoms. The highest BCUT2D eigenvalue weighted by Crippen LogP contribution is 2.40. The second-order valence-electron chi connectivity index (χ2n) is 7.05. The van der Waals surface area contributed by atoms with Crippen LogP contribution in [-0.4, -0.2) is 12.6 Å². The zero-order valence-electron chi connectivity index (χ0n) is 12.6. The molecule has 2 nitrogen and oxygen atoms in total. The molecular weight excluding hydrogens is 246 g/mol.